The lowest BCUT2D eigenvalue weighted by molar-refractivity contribution is 0.0950. The maximum absolute atomic E-state index is 12.4. The molecule has 136 valence electrons. The summed E-state index contributed by atoms with van der Waals surface area (Å²) in [5.74, 6) is 1.20. The monoisotopic (exact) mass is 381 g/mol. The minimum absolute atomic E-state index is 0.202. The van der Waals surface area contributed by atoms with Gasteiger partial charge in [-0.15, -0.1) is 0 Å². The summed E-state index contributed by atoms with van der Waals surface area (Å²) >= 11 is 5.87. The summed E-state index contributed by atoms with van der Waals surface area (Å²) < 4.78 is 10.7. The van der Waals surface area contributed by atoms with Crippen LogP contribution in [-0.2, 0) is 6.54 Å². The molecule has 0 atom stereocenters. The van der Waals surface area contributed by atoms with Crippen molar-refractivity contribution in [1.29, 1.82) is 0 Å². The summed E-state index contributed by atoms with van der Waals surface area (Å²) in [4.78, 5) is 16.5. The van der Waals surface area contributed by atoms with Crippen LogP contribution in [0.15, 0.2) is 60.9 Å². The number of hydrogen-bond donors (Lipinski definition) is 2. The van der Waals surface area contributed by atoms with Crippen molar-refractivity contribution >= 4 is 28.9 Å². The maximum atomic E-state index is 12.4. The van der Waals surface area contributed by atoms with Crippen LogP contribution >= 0.6 is 11.6 Å². The zero-order valence-electron chi connectivity index (χ0n) is 14.2. The van der Waals surface area contributed by atoms with E-state index in [0.29, 0.717) is 34.3 Å². The molecule has 0 spiro atoms. The molecular formula is C20H16ClN3O3. The summed E-state index contributed by atoms with van der Waals surface area (Å²) in [5.41, 5.74) is 2.96. The van der Waals surface area contributed by atoms with Crippen LogP contribution in [0.2, 0.25) is 5.02 Å². The average Bonchev–Trinajstić information content (AvgIpc) is 3.15. The molecule has 1 amide bonds. The van der Waals surface area contributed by atoms with Gasteiger partial charge in [-0.25, -0.2) is 0 Å². The Kier molecular flexibility index (Phi) is 4.80. The van der Waals surface area contributed by atoms with E-state index in [4.69, 9.17) is 21.1 Å². The molecule has 6 nitrogen and oxygen atoms in total. The quantitative estimate of drug-likeness (QED) is 0.695. The van der Waals surface area contributed by atoms with E-state index in [1.54, 1.807) is 24.4 Å². The number of aromatic nitrogens is 1. The van der Waals surface area contributed by atoms with Crippen molar-refractivity contribution in [2.75, 3.05) is 12.1 Å². The lowest BCUT2D eigenvalue weighted by atomic mass is 10.2. The number of carbonyl (C=O) groups excluding carboxylic acids is 1. The van der Waals surface area contributed by atoms with Gasteiger partial charge in [0.05, 0.1) is 17.4 Å². The fourth-order valence-corrected chi connectivity index (χ4v) is 2.79. The first kappa shape index (κ1) is 17.2. The average molecular weight is 382 g/mol. The number of carbonyl (C=O) groups is 1. The number of anilines is 2. The SMILES string of the molecule is O=C(NCc1ccc(Cl)cc1)c1cncc(Nc2ccc3c(c2)OCO3)c1. The molecule has 27 heavy (non-hydrogen) atoms. The van der Waals surface area contributed by atoms with Gasteiger partial charge in [0.2, 0.25) is 6.79 Å². The molecule has 0 radical (unpaired) electrons. The van der Waals surface area contributed by atoms with Gasteiger partial charge in [-0.2, -0.15) is 0 Å². The Morgan fingerprint density at radius 1 is 1.00 bits per heavy atom. The highest BCUT2D eigenvalue weighted by Gasteiger charge is 2.13. The Labute approximate surface area is 161 Å². The number of halogens is 1. The van der Waals surface area contributed by atoms with Crippen LogP contribution in [0.25, 0.3) is 0 Å². The molecule has 2 aromatic carbocycles. The number of pyridine rings is 1. The Morgan fingerprint density at radius 2 is 1.81 bits per heavy atom. The van der Waals surface area contributed by atoms with Gasteiger partial charge in [0, 0.05) is 29.5 Å². The van der Waals surface area contributed by atoms with Gasteiger partial charge in [0.25, 0.3) is 5.91 Å². The van der Waals surface area contributed by atoms with Gasteiger partial charge in [-0.05, 0) is 35.9 Å². The molecule has 1 aliphatic heterocycles. The van der Waals surface area contributed by atoms with Crippen LogP contribution in [0.3, 0.4) is 0 Å². The van der Waals surface area contributed by atoms with Crippen molar-refractivity contribution < 1.29 is 14.3 Å². The molecule has 0 saturated heterocycles. The lowest BCUT2D eigenvalue weighted by Crippen LogP contribution is -2.23. The highest BCUT2D eigenvalue weighted by molar-refractivity contribution is 6.30. The number of nitrogens with zero attached hydrogens (tertiary/aromatic N) is 1. The molecule has 1 aromatic heterocycles. The van der Waals surface area contributed by atoms with Crippen molar-refractivity contribution in [1.82, 2.24) is 10.3 Å². The summed E-state index contributed by atoms with van der Waals surface area (Å²) in [6, 6.07) is 14.6. The van der Waals surface area contributed by atoms with E-state index >= 15 is 0 Å². The molecule has 0 fully saturated rings. The first-order valence-corrected chi connectivity index (χ1v) is 8.69. The highest BCUT2D eigenvalue weighted by atomic mass is 35.5. The number of hydrogen-bond acceptors (Lipinski definition) is 5. The molecule has 0 unspecified atom stereocenters. The standard InChI is InChI=1S/C20H16ClN3O3/c21-15-3-1-13(2-4-15)9-23-20(25)14-7-17(11-22-10-14)24-16-5-6-18-19(8-16)27-12-26-18/h1-8,10-11,24H,9,12H2,(H,23,25). The van der Waals surface area contributed by atoms with Crippen molar-refractivity contribution in [3.63, 3.8) is 0 Å². The number of fused-ring (bicyclic) bond motifs is 1. The molecular weight excluding hydrogens is 366 g/mol. The van der Waals surface area contributed by atoms with Crippen LogP contribution in [0.1, 0.15) is 15.9 Å². The lowest BCUT2D eigenvalue weighted by Gasteiger charge is -2.09. The Bertz CT molecular complexity index is 976. The molecule has 2 N–H and O–H groups in total. The first-order valence-electron chi connectivity index (χ1n) is 8.32. The zero-order valence-corrected chi connectivity index (χ0v) is 15.0. The largest absolute Gasteiger partial charge is 0.454 e. The van der Waals surface area contributed by atoms with Crippen LogP contribution in [0.4, 0.5) is 11.4 Å². The second-order valence-corrected chi connectivity index (χ2v) is 6.40. The third-order valence-electron chi connectivity index (χ3n) is 4.03. The van der Waals surface area contributed by atoms with Crippen molar-refractivity contribution in [3.05, 3.63) is 77.1 Å². The Hall–Kier alpha value is -3.25. The van der Waals surface area contributed by atoms with Crippen molar-refractivity contribution in [2.24, 2.45) is 0 Å². The zero-order chi connectivity index (χ0) is 18.6. The predicted molar refractivity (Wildman–Crippen MR) is 103 cm³/mol. The molecule has 0 aliphatic carbocycles. The topological polar surface area (TPSA) is 72.5 Å². The molecule has 4 rings (SSSR count). The maximum Gasteiger partial charge on any atom is 0.253 e. The van der Waals surface area contributed by atoms with Crippen LogP contribution in [0, 0.1) is 0 Å². The van der Waals surface area contributed by atoms with Gasteiger partial charge in [0.1, 0.15) is 0 Å². The smallest absolute Gasteiger partial charge is 0.253 e. The minimum atomic E-state index is -0.202. The summed E-state index contributed by atoms with van der Waals surface area (Å²) in [7, 11) is 0. The molecule has 1 aliphatic rings. The summed E-state index contributed by atoms with van der Waals surface area (Å²) in [6.45, 7) is 0.638. The van der Waals surface area contributed by atoms with Crippen LogP contribution in [0.5, 0.6) is 11.5 Å². The molecule has 2 heterocycles. The van der Waals surface area contributed by atoms with Gasteiger partial charge >= 0.3 is 0 Å². The second kappa shape index (κ2) is 7.55. The normalized spacial score (nSPS) is 11.9. The van der Waals surface area contributed by atoms with E-state index in [1.807, 2.05) is 30.3 Å². The van der Waals surface area contributed by atoms with E-state index in [0.717, 1.165) is 11.3 Å². The number of nitrogens with one attached hydrogen (secondary N) is 2. The number of ether oxygens (including phenoxy) is 2. The van der Waals surface area contributed by atoms with Crippen molar-refractivity contribution in [2.45, 2.75) is 6.54 Å². The fraction of sp³-hybridized carbons (Fsp3) is 0.100. The fourth-order valence-electron chi connectivity index (χ4n) is 2.66. The molecule has 0 saturated carbocycles. The molecule has 3 aromatic rings. The Balaban J connectivity index is 1.42. The summed E-state index contributed by atoms with van der Waals surface area (Å²) in [6.07, 6.45) is 3.18. The van der Waals surface area contributed by atoms with E-state index in [-0.39, 0.29) is 12.7 Å². The third-order valence-corrected chi connectivity index (χ3v) is 4.28. The van der Waals surface area contributed by atoms with Crippen molar-refractivity contribution in [3.8, 4) is 11.5 Å². The predicted octanol–water partition coefficient (Wildman–Crippen LogP) is 4.14. The van der Waals surface area contributed by atoms with Gasteiger partial charge in [-0.1, -0.05) is 23.7 Å². The highest BCUT2D eigenvalue weighted by Crippen LogP contribution is 2.35. The van der Waals surface area contributed by atoms with Gasteiger partial charge in [-0.3, -0.25) is 9.78 Å². The minimum Gasteiger partial charge on any atom is -0.454 e. The number of benzene rings is 2. The van der Waals surface area contributed by atoms with Crippen LogP contribution < -0.4 is 20.1 Å². The van der Waals surface area contributed by atoms with Gasteiger partial charge < -0.3 is 20.1 Å². The first-order chi connectivity index (χ1) is 13.2. The van der Waals surface area contributed by atoms with Crippen LogP contribution in [-0.4, -0.2) is 17.7 Å². The molecule has 7 heteroatoms. The number of amides is 1. The third kappa shape index (κ3) is 4.12. The van der Waals surface area contributed by atoms with E-state index in [9.17, 15) is 4.79 Å². The second-order valence-electron chi connectivity index (χ2n) is 5.96. The summed E-state index contributed by atoms with van der Waals surface area (Å²) in [5, 5.41) is 6.75. The van der Waals surface area contributed by atoms with E-state index in [1.165, 1.54) is 6.20 Å². The Morgan fingerprint density at radius 3 is 2.67 bits per heavy atom. The number of rotatable bonds is 5. The molecule has 0 bridgehead atoms. The van der Waals surface area contributed by atoms with E-state index in [2.05, 4.69) is 15.6 Å². The van der Waals surface area contributed by atoms with Gasteiger partial charge in [0.15, 0.2) is 11.5 Å². The van der Waals surface area contributed by atoms with E-state index < -0.39 is 0 Å².